The van der Waals surface area contributed by atoms with Crippen LogP contribution in [0.2, 0.25) is 0 Å². The van der Waals surface area contributed by atoms with Crippen LogP contribution in [0, 0.1) is 0 Å². The highest BCUT2D eigenvalue weighted by atomic mass is 32.2. The number of nitrogens with one attached hydrogen (secondary N) is 1. The molecule has 58 valence electrons. The second kappa shape index (κ2) is 2.62. The average Bonchev–Trinajstić information content (AvgIpc) is 2.06. The van der Waals surface area contributed by atoms with Gasteiger partial charge in [0, 0.05) is 27.8 Å². The van der Waals surface area contributed by atoms with Crippen LogP contribution in [0.25, 0.3) is 0 Å². The molecule has 0 radical (unpaired) electrons. The van der Waals surface area contributed by atoms with Gasteiger partial charge in [-0.05, 0) is 25.8 Å². The largest absolute Gasteiger partial charge is 0.315 e. The second-order valence-corrected chi connectivity index (χ2v) is 5.13. The summed E-state index contributed by atoms with van der Waals surface area (Å²) in [5, 5.41) is 4.32. The second-order valence-electron chi connectivity index (χ2n) is 3.14. The average molecular weight is 159 g/mol. The summed E-state index contributed by atoms with van der Waals surface area (Å²) < 4.78 is 11.5. The Bertz CT molecular complexity index is 144. The van der Waals surface area contributed by atoms with Gasteiger partial charge in [0.15, 0.2) is 0 Å². The van der Waals surface area contributed by atoms with Gasteiger partial charge in [0.25, 0.3) is 0 Å². The van der Waals surface area contributed by atoms with E-state index in [1.165, 1.54) is 12.8 Å². The van der Waals surface area contributed by atoms with Crippen molar-refractivity contribution < 1.29 is 4.21 Å². The summed E-state index contributed by atoms with van der Waals surface area (Å²) in [6, 6.07) is 0. The van der Waals surface area contributed by atoms with Crippen molar-refractivity contribution in [3.63, 3.8) is 0 Å². The molecule has 0 aromatic carbocycles. The van der Waals surface area contributed by atoms with Crippen LogP contribution in [0.1, 0.15) is 19.3 Å². The molecule has 0 amide bonds. The topological polar surface area (TPSA) is 29.1 Å². The fourth-order valence-electron chi connectivity index (χ4n) is 1.85. The highest BCUT2D eigenvalue weighted by Gasteiger charge is 2.33. The maximum absolute atomic E-state index is 11.5. The van der Waals surface area contributed by atoms with Crippen LogP contribution in [0.15, 0.2) is 0 Å². The zero-order valence-electron chi connectivity index (χ0n) is 6.01. The molecule has 2 heterocycles. The monoisotopic (exact) mass is 159 g/mol. The lowest BCUT2D eigenvalue weighted by Gasteiger charge is -2.05. The molecule has 10 heavy (non-hydrogen) atoms. The molecule has 2 rings (SSSR count). The van der Waals surface area contributed by atoms with Gasteiger partial charge < -0.3 is 5.32 Å². The van der Waals surface area contributed by atoms with E-state index in [2.05, 4.69) is 5.32 Å². The third-order valence-corrected chi connectivity index (χ3v) is 4.67. The van der Waals surface area contributed by atoms with Crippen LogP contribution in [0.4, 0.5) is 0 Å². The summed E-state index contributed by atoms with van der Waals surface area (Å²) in [5.41, 5.74) is 0. The Balaban J connectivity index is 2.14. The standard InChI is InChI=1S/C7H13NOS/c9-10-6-1-2-7(10)5-8-4-3-6/h6-8H,1-5H2. The molecule has 1 N–H and O–H groups in total. The van der Waals surface area contributed by atoms with Crippen LogP contribution in [0.5, 0.6) is 0 Å². The Morgan fingerprint density at radius 1 is 1.20 bits per heavy atom. The Labute approximate surface area is 63.8 Å². The van der Waals surface area contributed by atoms with E-state index in [0.29, 0.717) is 10.5 Å². The van der Waals surface area contributed by atoms with E-state index in [9.17, 15) is 4.21 Å². The van der Waals surface area contributed by atoms with Crippen LogP contribution in [-0.4, -0.2) is 27.8 Å². The zero-order valence-corrected chi connectivity index (χ0v) is 6.82. The van der Waals surface area contributed by atoms with Gasteiger partial charge >= 0.3 is 0 Å². The van der Waals surface area contributed by atoms with Crippen molar-refractivity contribution in [2.24, 2.45) is 0 Å². The number of hydrogen-bond donors (Lipinski definition) is 1. The highest BCUT2D eigenvalue weighted by Crippen LogP contribution is 2.26. The van der Waals surface area contributed by atoms with E-state index in [1.54, 1.807) is 0 Å². The fourth-order valence-corrected chi connectivity index (χ4v) is 3.76. The Hall–Kier alpha value is 0.110. The smallest absolute Gasteiger partial charge is 0.0475 e. The molecule has 0 saturated carbocycles. The van der Waals surface area contributed by atoms with E-state index in [0.717, 1.165) is 19.5 Å². The third-order valence-electron chi connectivity index (χ3n) is 2.48. The fraction of sp³-hybridized carbons (Fsp3) is 1.00. The summed E-state index contributed by atoms with van der Waals surface area (Å²) in [4.78, 5) is 0. The predicted octanol–water partition coefficient (Wildman–Crippen LogP) is 0.259. The molecule has 2 fully saturated rings. The maximum atomic E-state index is 11.5. The molecule has 2 saturated heterocycles. The first kappa shape index (κ1) is 6.80. The summed E-state index contributed by atoms with van der Waals surface area (Å²) in [6.45, 7) is 2.07. The quantitative estimate of drug-likeness (QED) is 0.549. The predicted molar refractivity (Wildman–Crippen MR) is 42.4 cm³/mol. The first-order valence-electron chi connectivity index (χ1n) is 3.98. The molecular weight excluding hydrogens is 146 g/mol. The van der Waals surface area contributed by atoms with Gasteiger partial charge in [-0.15, -0.1) is 0 Å². The van der Waals surface area contributed by atoms with Crippen molar-refractivity contribution in [2.75, 3.05) is 13.1 Å². The van der Waals surface area contributed by atoms with E-state index in [1.807, 2.05) is 0 Å². The minimum atomic E-state index is -0.498. The van der Waals surface area contributed by atoms with Crippen molar-refractivity contribution in [2.45, 2.75) is 29.8 Å². The maximum Gasteiger partial charge on any atom is 0.0475 e. The molecule has 0 aliphatic carbocycles. The molecule has 3 unspecified atom stereocenters. The number of fused-ring (bicyclic) bond motifs is 2. The summed E-state index contributed by atoms with van der Waals surface area (Å²) in [6.07, 6.45) is 3.52. The molecule has 2 aliphatic rings. The van der Waals surface area contributed by atoms with Gasteiger partial charge in [0.1, 0.15) is 0 Å². The Morgan fingerprint density at radius 3 is 2.90 bits per heavy atom. The lowest BCUT2D eigenvalue weighted by molar-refractivity contribution is 0.567. The number of hydrogen-bond acceptors (Lipinski definition) is 2. The molecule has 0 aromatic heterocycles. The minimum absolute atomic E-state index is 0.479. The van der Waals surface area contributed by atoms with Gasteiger partial charge in [0.2, 0.25) is 0 Å². The lowest BCUT2D eigenvalue weighted by Crippen LogP contribution is -2.25. The van der Waals surface area contributed by atoms with Gasteiger partial charge in [-0.3, -0.25) is 4.21 Å². The molecule has 3 heteroatoms. The van der Waals surface area contributed by atoms with Crippen molar-refractivity contribution in [3.8, 4) is 0 Å². The molecule has 2 nitrogen and oxygen atoms in total. The molecule has 0 spiro atoms. The molecular formula is C7H13NOS. The van der Waals surface area contributed by atoms with E-state index >= 15 is 0 Å². The van der Waals surface area contributed by atoms with Crippen molar-refractivity contribution in [1.82, 2.24) is 5.32 Å². The van der Waals surface area contributed by atoms with Gasteiger partial charge in [-0.1, -0.05) is 0 Å². The SMILES string of the molecule is O=S1C2CCNCC1CC2. The van der Waals surface area contributed by atoms with Crippen molar-refractivity contribution >= 4 is 10.8 Å². The normalized spacial score (nSPS) is 47.0. The van der Waals surface area contributed by atoms with Crippen molar-refractivity contribution in [1.29, 1.82) is 0 Å². The van der Waals surface area contributed by atoms with Crippen LogP contribution in [0.3, 0.4) is 0 Å². The zero-order chi connectivity index (χ0) is 6.97. The number of rotatable bonds is 0. The van der Waals surface area contributed by atoms with Crippen LogP contribution < -0.4 is 5.32 Å². The first-order valence-corrected chi connectivity index (χ1v) is 5.25. The Kier molecular flexibility index (Phi) is 1.78. The van der Waals surface area contributed by atoms with E-state index in [4.69, 9.17) is 0 Å². The Morgan fingerprint density at radius 2 is 2.00 bits per heavy atom. The van der Waals surface area contributed by atoms with Crippen LogP contribution in [-0.2, 0) is 10.8 Å². The lowest BCUT2D eigenvalue weighted by atomic mass is 10.1. The van der Waals surface area contributed by atoms with Gasteiger partial charge in [0.05, 0.1) is 0 Å². The molecule has 2 bridgehead atoms. The highest BCUT2D eigenvalue weighted by molar-refractivity contribution is 7.86. The van der Waals surface area contributed by atoms with Gasteiger partial charge in [-0.2, -0.15) is 0 Å². The first-order chi connectivity index (χ1) is 4.88. The third kappa shape index (κ3) is 1.01. The molecule has 2 aliphatic heterocycles. The van der Waals surface area contributed by atoms with Gasteiger partial charge in [-0.25, -0.2) is 0 Å². The minimum Gasteiger partial charge on any atom is -0.315 e. The van der Waals surface area contributed by atoms with Crippen LogP contribution >= 0.6 is 0 Å². The van der Waals surface area contributed by atoms with E-state index < -0.39 is 10.8 Å². The van der Waals surface area contributed by atoms with E-state index in [-0.39, 0.29) is 0 Å². The summed E-state index contributed by atoms with van der Waals surface area (Å²) in [5.74, 6) is 0. The summed E-state index contributed by atoms with van der Waals surface area (Å²) >= 11 is 0. The summed E-state index contributed by atoms with van der Waals surface area (Å²) in [7, 11) is -0.498. The molecule has 3 atom stereocenters. The van der Waals surface area contributed by atoms with Crippen molar-refractivity contribution in [3.05, 3.63) is 0 Å². The molecule has 0 aromatic rings.